The molecular weight excluding hydrogens is 369 g/mol. The van der Waals surface area contributed by atoms with Crippen LogP contribution in [0.4, 0.5) is 5.13 Å². The Balaban J connectivity index is 0.00000144. The molecule has 1 N–H and O–H groups in total. The summed E-state index contributed by atoms with van der Waals surface area (Å²) in [6.45, 7) is 7.62. The fraction of sp³-hybridized carbons (Fsp3) is 0.800. The smallest absolute Gasteiger partial charge is 0.222 e. The Bertz CT molecular complexity index is 502. The first-order valence-electron chi connectivity index (χ1n) is 8.32. The molecule has 3 rings (SSSR count). The number of halogens is 2. The predicted molar refractivity (Wildman–Crippen MR) is 103 cm³/mol. The summed E-state index contributed by atoms with van der Waals surface area (Å²) in [7, 11) is 0. The summed E-state index contributed by atoms with van der Waals surface area (Å²) in [5, 5.41) is 4.36. The fourth-order valence-electron chi connectivity index (χ4n) is 3.11. The second-order valence-corrected chi connectivity index (χ2v) is 6.84. The Morgan fingerprint density at radius 3 is 2.62 bits per heavy atom. The van der Waals surface area contributed by atoms with Gasteiger partial charge in [-0.1, -0.05) is 6.92 Å². The number of anilines is 1. The molecule has 6 nitrogen and oxygen atoms in total. The van der Waals surface area contributed by atoms with Gasteiger partial charge in [-0.25, -0.2) is 4.98 Å². The Morgan fingerprint density at radius 2 is 2.04 bits per heavy atom. The lowest BCUT2D eigenvalue weighted by atomic mass is 10.0. The Morgan fingerprint density at radius 1 is 1.29 bits per heavy atom. The van der Waals surface area contributed by atoms with Gasteiger partial charge in [-0.2, -0.15) is 4.37 Å². The van der Waals surface area contributed by atoms with Gasteiger partial charge in [-0.05, 0) is 31.8 Å². The van der Waals surface area contributed by atoms with Crippen LogP contribution in [0.3, 0.4) is 0 Å². The van der Waals surface area contributed by atoms with Gasteiger partial charge in [0.15, 0.2) is 0 Å². The lowest BCUT2D eigenvalue weighted by Crippen LogP contribution is -2.48. The van der Waals surface area contributed by atoms with Gasteiger partial charge in [0.2, 0.25) is 11.0 Å². The number of nitrogens with zero attached hydrogens (tertiary/aromatic N) is 4. The van der Waals surface area contributed by atoms with E-state index < -0.39 is 0 Å². The number of aryl methyl sites for hydroxylation is 1. The largest absolute Gasteiger partial charge is 0.343 e. The zero-order chi connectivity index (χ0) is 15.4. The SMILES string of the molecule is CCc1nsc(N2CCN(C(=O)CCC3CCNC3)CC2)n1.Cl.Cl. The molecule has 1 atom stereocenters. The van der Waals surface area contributed by atoms with Crippen molar-refractivity contribution < 1.29 is 4.79 Å². The van der Waals surface area contributed by atoms with Crippen LogP contribution in [0.2, 0.25) is 0 Å². The molecule has 0 aliphatic carbocycles. The van der Waals surface area contributed by atoms with Crippen molar-refractivity contribution in [3.05, 3.63) is 5.82 Å². The Hall–Kier alpha value is -0.630. The van der Waals surface area contributed by atoms with Gasteiger partial charge < -0.3 is 15.1 Å². The summed E-state index contributed by atoms with van der Waals surface area (Å²) in [5.74, 6) is 1.93. The van der Waals surface area contributed by atoms with Crippen LogP contribution >= 0.6 is 36.3 Å². The lowest BCUT2D eigenvalue weighted by Gasteiger charge is -2.34. The summed E-state index contributed by atoms with van der Waals surface area (Å²) in [4.78, 5) is 21.1. The standard InChI is InChI=1S/C15H25N5OS.2ClH/c1-2-13-17-15(22-18-13)20-9-7-19(8-10-20)14(21)4-3-12-5-6-16-11-12;;/h12,16H,2-11H2,1H3;2*1H. The third-order valence-electron chi connectivity index (χ3n) is 4.61. The maximum absolute atomic E-state index is 12.3. The van der Waals surface area contributed by atoms with Crippen molar-refractivity contribution in [1.82, 2.24) is 19.6 Å². The van der Waals surface area contributed by atoms with Crippen LogP contribution < -0.4 is 10.2 Å². The molecule has 0 spiro atoms. The summed E-state index contributed by atoms with van der Waals surface area (Å²) < 4.78 is 4.34. The molecule has 0 bridgehead atoms. The van der Waals surface area contributed by atoms with Gasteiger partial charge in [0.25, 0.3) is 0 Å². The third-order valence-corrected chi connectivity index (χ3v) is 5.42. The van der Waals surface area contributed by atoms with Crippen LogP contribution in [-0.2, 0) is 11.2 Å². The molecule has 1 aromatic heterocycles. The van der Waals surface area contributed by atoms with Crippen LogP contribution in [0.25, 0.3) is 0 Å². The quantitative estimate of drug-likeness (QED) is 0.825. The summed E-state index contributed by atoms with van der Waals surface area (Å²) in [6.07, 6.45) is 3.83. The van der Waals surface area contributed by atoms with Gasteiger partial charge in [0, 0.05) is 50.6 Å². The molecule has 2 aliphatic heterocycles. The molecule has 2 saturated heterocycles. The van der Waals surface area contributed by atoms with Crippen LogP contribution in [-0.4, -0.2) is 59.4 Å². The van der Waals surface area contributed by atoms with Crippen molar-refractivity contribution in [2.45, 2.75) is 32.6 Å². The Kier molecular flexibility index (Phi) is 9.26. The van der Waals surface area contributed by atoms with Gasteiger partial charge in [-0.15, -0.1) is 24.8 Å². The number of hydrogen-bond donors (Lipinski definition) is 1. The first-order valence-corrected chi connectivity index (χ1v) is 9.09. The molecular formula is C15H27Cl2N5OS. The topological polar surface area (TPSA) is 61.4 Å². The number of nitrogens with one attached hydrogen (secondary N) is 1. The molecule has 0 aromatic carbocycles. The summed E-state index contributed by atoms with van der Waals surface area (Å²) in [5.41, 5.74) is 0. The van der Waals surface area contributed by atoms with Crippen molar-refractivity contribution in [3.8, 4) is 0 Å². The van der Waals surface area contributed by atoms with Crippen molar-refractivity contribution in [1.29, 1.82) is 0 Å². The third kappa shape index (κ3) is 5.44. The first kappa shape index (κ1) is 21.4. The molecule has 3 heterocycles. The minimum absolute atomic E-state index is 0. The molecule has 2 aliphatic rings. The molecule has 0 saturated carbocycles. The minimum Gasteiger partial charge on any atom is -0.343 e. The maximum Gasteiger partial charge on any atom is 0.222 e. The van der Waals surface area contributed by atoms with E-state index >= 15 is 0 Å². The van der Waals surface area contributed by atoms with Gasteiger partial charge in [0.05, 0.1) is 0 Å². The van der Waals surface area contributed by atoms with E-state index in [1.165, 1.54) is 18.0 Å². The number of carbonyl (C=O) groups is 1. The number of rotatable bonds is 5. The molecule has 9 heteroatoms. The summed E-state index contributed by atoms with van der Waals surface area (Å²) in [6, 6.07) is 0. The number of piperazine rings is 1. The van der Waals surface area contributed by atoms with Gasteiger partial charge >= 0.3 is 0 Å². The highest BCUT2D eigenvalue weighted by atomic mass is 35.5. The van der Waals surface area contributed by atoms with E-state index in [4.69, 9.17) is 0 Å². The minimum atomic E-state index is 0. The van der Waals surface area contributed by atoms with Gasteiger partial charge in [-0.3, -0.25) is 4.79 Å². The fourth-order valence-corrected chi connectivity index (χ4v) is 3.91. The molecule has 1 aromatic rings. The van der Waals surface area contributed by atoms with E-state index in [9.17, 15) is 4.79 Å². The average molecular weight is 396 g/mol. The Labute approximate surface area is 160 Å². The van der Waals surface area contributed by atoms with Crippen molar-refractivity contribution in [2.24, 2.45) is 5.92 Å². The molecule has 2 fully saturated rings. The van der Waals surface area contributed by atoms with Crippen molar-refractivity contribution in [3.63, 3.8) is 0 Å². The van der Waals surface area contributed by atoms with E-state index in [0.29, 0.717) is 18.2 Å². The van der Waals surface area contributed by atoms with E-state index in [-0.39, 0.29) is 24.8 Å². The molecule has 138 valence electrons. The predicted octanol–water partition coefficient (Wildman–Crippen LogP) is 1.98. The normalized spacial score (nSPS) is 20.5. The van der Waals surface area contributed by atoms with E-state index in [0.717, 1.165) is 63.1 Å². The number of hydrogen-bond acceptors (Lipinski definition) is 6. The van der Waals surface area contributed by atoms with Gasteiger partial charge in [0.1, 0.15) is 5.82 Å². The second-order valence-electron chi connectivity index (χ2n) is 6.11. The highest BCUT2D eigenvalue weighted by Gasteiger charge is 2.24. The molecule has 0 radical (unpaired) electrons. The zero-order valence-electron chi connectivity index (χ0n) is 14.1. The molecule has 24 heavy (non-hydrogen) atoms. The lowest BCUT2D eigenvalue weighted by molar-refractivity contribution is -0.131. The number of carbonyl (C=O) groups excluding carboxylic acids is 1. The molecule has 1 amide bonds. The number of aromatic nitrogens is 2. The first-order chi connectivity index (χ1) is 10.8. The van der Waals surface area contributed by atoms with Crippen LogP contribution in [0.1, 0.15) is 32.0 Å². The highest BCUT2D eigenvalue weighted by molar-refractivity contribution is 7.09. The number of amides is 1. The van der Waals surface area contributed by atoms with E-state index in [2.05, 4.69) is 26.5 Å². The molecule has 1 unspecified atom stereocenters. The van der Waals surface area contributed by atoms with Crippen molar-refractivity contribution in [2.75, 3.05) is 44.2 Å². The second kappa shape index (κ2) is 10.4. The average Bonchev–Trinajstić information content (AvgIpc) is 3.24. The zero-order valence-corrected chi connectivity index (χ0v) is 16.5. The highest BCUT2D eigenvalue weighted by Crippen LogP contribution is 2.20. The van der Waals surface area contributed by atoms with Crippen LogP contribution in [0.15, 0.2) is 0 Å². The summed E-state index contributed by atoms with van der Waals surface area (Å²) >= 11 is 1.47. The monoisotopic (exact) mass is 395 g/mol. The van der Waals surface area contributed by atoms with E-state index in [1.807, 2.05) is 4.90 Å². The van der Waals surface area contributed by atoms with Crippen LogP contribution in [0.5, 0.6) is 0 Å². The van der Waals surface area contributed by atoms with Crippen LogP contribution in [0, 0.1) is 5.92 Å². The van der Waals surface area contributed by atoms with Crippen molar-refractivity contribution >= 4 is 47.4 Å². The van der Waals surface area contributed by atoms with E-state index in [1.54, 1.807) is 0 Å². The maximum atomic E-state index is 12.3.